The van der Waals surface area contributed by atoms with Gasteiger partial charge in [0.05, 0.1) is 5.34 Å². The predicted molar refractivity (Wildman–Crippen MR) is 132 cm³/mol. The SMILES string of the molecule is CCN(C(=O)c1ccccc1)c1cccc(C(=O)N(C)c2c(C)cc(C(F)(N(F)F)C(F)(F)F)cc2C)c1. The van der Waals surface area contributed by atoms with Gasteiger partial charge in [-0.05, 0) is 74.4 Å². The Morgan fingerprint density at radius 3 is 1.84 bits per heavy atom. The number of rotatable bonds is 7. The number of alkyl halides is 4. The number of carbonyl (C=O) groups is 2. The van der Waals surface area contributed by atoms with E-state index in [-0.39, 0.29) is 28.3 Å². The highest BCUT2D eigenvalue weighted by atomic mass is 19.4. The molecule has 0 spiro atoms. The van der Waals surface area contributed by atoms with Crippen molar-refractivity contribution in [2.75, 3.05) is 23.4 Å². The van der Waals surface area contributed by atoms with Gasteiger partial charge in [0.15, 0.2) is 0 Å². The topological polar surface area (TPSA) is 43.9 Å². The van der Waals surface area contributed by atoms with E-state index in [4.69, 9.17) is 0 Å². The Morgan fingerprint density at radius 1 is 0.789 bits per heavy atom. The number of amides is 2. The lowest BCUT2D eigenvalue weighted by Gasteiger charge is -2.30. The van der Waals surface area contributed by atoms with Crippen molar-refractivity contribution in [2.45, 2.75) is 32.7 Å². The van der Waals surface area contributed by atoms with Crippen molar-refractivity contribution in [1.29, 1.82) is 0 Å². The van der Waals surface area contributed by atoms with Crippen LogP contribution in [0.2, 0.25) is 0 Å². The Hall–Kier alpha value is -3.86. The molecule has 0 aliphatic rings. The molecule has 0 saturated carbocycles. The van der Waals surface area contributed by atoms with Crippen LogP contribution < -0.4 is 9.80 Å². The minimum atomic E-state index is -5.92. The molecule has 5 nitrogen and oxygen atoms in total. The highest BCUT2D eigenvalue weighted by Gasteiger charge is 2.64. The molecule has 0 bridgehead atoms. The molecule has 3 aromatic carbocycles. The van der Waals surface area contributed by atoms with Crippen LogP contribution in [0.5, 0.6) is 0 Å². The minimum absolute atomic E-state index is 0.0189. The second-order valence-electron chi connectivity index (χ2n) is 8.64. The lowest BCUT2D eigenvalue weighted by Crippen LogP contribution is -2.46. The number of hydrogen-bond acceptors (Lipinski definition) is 3. The average Bonchev–Trinajstić information content (AvgIpc) is 2.87. The third-order valence-electron chi connectivity index (χ3n) is 6.11. The van der Waals surface area contributed by atoms with Crippen LogP contribution in [-0.4, -0.2) is 36.9 Å². The van der Waals surface area contributed by atoms with E-state index in [1.807, 2.05) is 0 Å². The molecule has 0 aliphatic carbocycles. The van der Waals surface area contributed by atoms with Crippen LogP contribution in [0, 0.1) is 13.8 Å². The maximum Gasteiger partial charge on any atom is 0.446 e. The summed E-state index contributed by atoms with van der Waals surface area (Å²) in [5, 5.41) is -2.52. The Balaban J connectivity index is 1.97. The molecule has 38 heavy (non-hydrogen) atoms. The standard InChI is InChI=1S/C27H25F6N3O2/c1-5-35(25(38)19-10-7-6-8-11-19)22-13-9-12-20(16-22)24(37)34(4)23-17(2)14-21(15-18(23)3)26(28,36(32)33)27(29,30)31/h6-16H,5H2,1-4H3. The van der Waals surface area contributed by atoms with Gasteiger partial charge in [0, 0.05) is 41.7 Å². The van der Waals surface area contributed by atoms with Crippen LogP contribution in [0.25, 0.3) is 0 Å². The lowest BCUT2D eigenvalue weighted by molar-refractivity contribution is -0.388. The summed E-state index contributed by atoms with van der Waals surface area (Å²) in [6, 6.07) is 16.1. The molecule has 3 rings (SSSR count). The summed E-state index contributed by atoms with van der Waals surface area (Å²) >= 11 is 0. The molecule has 0 saturated heterocycles. The van der Waals surface area contributed by atoms with Crippen molar-refractivity contribution in [3.05, 3.63) is 94.5 Å². The molecule has 202 valence electrons. The van der Waals surface area contributed by atoms with E-state index >= 15 is 0 Å². The number of anilines is 2. The zero-order valence-electron chi connectivity index (χ0n) is 21.0. The van der Waals surface area contributed by atoms with Gasteiger partial charge in [0.25, 0.3) is 11.8 Å². The highest BCUT2D eigenvalue weighted by molar-refractivity contribution is 6.09. The second-order valence-corrected chi connectivity index (χ2v) is 8.64. The van der Waals surface area contributed by atoms with Crippen LogP contribution in [-0.2, 0) is 5.79 Å². The van der Waals surface area contributed by atoms with E-state index in [1.54, 1.807) is 49.4 Å². The number of hydrogen-bond donors (Lipinski definition) is 0. The van der Waals surface area contributed by atoms with Crippen molar-refractivity contribution in [1.82, 2.24) is 5.34 Å². The maximum absolute atomic E-state index is 14.5. The molecular weight excluding hydrogens is 512 g/mol. The third kappa shape index (κ3) is 5.24. The zero-order valence-corrected chi connectivity index (χ0v) is 21.0. The van der Waals surface area contributed by atoms with E-state index < -0.39 is 28.8 Å². The summed E-state index contributed by atoms with van der Waals surface area (Å²) in [6.07, 6.45) is -5.92. The van der Waals surface area contributed by atoms with Gasteiger partial charge in [0.2, 0.25) is 0 Å². The number of benzene rings is 3. The fraction of sp³-hybridized carbons (Fsp3) is 0.259. The van der Waals surface area contributed by atoms with Gasteiger partial charge in [-0.15, -0.1) is 0 Å². The summed E-state index contributed by atoms with van der Waals surface area (Å²) < 4.78 is 80.4. The van der Waals surface area contributed by atoms with Crippen molar-refractivity contribution in [3.63, 3.8) is 0 Å². The Kier molecular flexibility index (Phi) is 8.21. The van der Waals surface area contributed by atoms with Crippen LogP contribution >= 0.6 is 0 Å². The van der Waals surface area contributed by atoms with E-state index in [2.05, 4.69) is 0 Å². The van der Waals surface area contributed by atoms with Gasteiger partial charge >= 0.3 is 12.0 Å². The first-order chi connectivity index (χ1) is 17.7. The average molecular weight is 538 g/mol. The van der Waals surface area contributed by atoms with E-state index in [1.165, 1.54) is 37.9 Å². The van der Waals surface area contributed by atoms with Crippen molar-refractivity contribution < 1.29 is 36.1 Å². The third-order valence-corrected chi connectivity index (χ3v) is 6.11. The van der Waals surface area contributed by atoms with Crippen LogP contribution in [0.1, 0.15) is 44.3 Å². The Morgan fingerprint density at radius 2 is 1.34 bits per heavy atom. The summed E-state index contributed by atoms with van der Waals surface area (Å²) in [4.78, 5) is 29.0. The summed E-state index contributed by atoms with van der Waals surface area (Å²) in [5.41, 5.74) is -0.148. The zero-order chi connectivity index (χ0) is 28.4. The molecule has 0 fully saturated rings. The molecule has 0 aliphatic heterocycles. The smallest absolute Gasteiger partial charge is 0.311 e. The van der Waals surface area contributed by atoms with E-state index in [9.17, 15) is 36.1 Å². The molecule has 3 aromatic rings. The van der Waals surface area contributed by atoms with E-state index in [0.29, 0.717) is 29.9 Å². The molecule has 11 heteroatoms. The van der Waals surface area contributed by atoms with Crippen molar-refractivity contribution in [2.24, 2.45) is 0 Å². The first kappa shape index (κ1) is 28.7. The molecule has 2 amide bonds. The quantitative estimate of drug-likeness (QED) is 0.185. The van der Waals surface area contributed by atoms with Gasteiger partial charge in [-0.3, -0.25) is 9.59 Å². The molecule has 0 N–H and O–H groups in total. The fourth-order valence-electron chi connectivity index (χ4n) is 4.32. The summed E-state index contributed by atoms with van der Waals surface area (Å²) in [7, 11) is 1.36. The second kappa shape index (κ2) is 10.9. The molecule has 0 aromatic heterocycles. The molecular formula is C27H25F6N3O2. The number of aryl methyl sites for hydroxylation is 2. The largest absolute Gasteiger partial charge is 0.446 e. The maximum atomic E-state index is 14.5. The first-order valence-corrected chi connectivity index (χ1v) is 11.5. The van der Waals surface area contributed by atoms with Gasteiger partial charge in [-0.25, -0.2) is 4.39 Å². The van der Waals surface area contributed by atoms with Crippen molar-refractivity contribution >= 4 is 23.2 Å². The Bertz CT molecular complexity index is 1310. The summed E-state index contributed by atoms with van der Waals surface area (Å²) in [5.74, 6) is -5.87. The van der Waals surface area contributed by atoms with Crippen LogP contribution in [0.15, 0.2) is 66.7 Å². The van der Waals surface area contributed by atoms with E-state index in [0.717, 1.165) is 4.90 Å². The predicted octanol–water partition coefficient (Wildman–Crippen LogP) is 7.00. The molecule has 0 radical (unpaired) electrons. The fourth-order valence-corrected chi connectivity index (χ4v) is 4.32. The number of halogens is 6. The van der Waals surface area contributed by atoms with Gasteiger partial charge in [-0.2, -0.15) is 13.2 Å². The highest BCUT2D eigenvalue weighted by Crippen LogP contribution is 2.47. The van der Waals surface area contributed by atoms with Crippen LogP contribution in [0.4, 0.5) is 37.9 Å². The minimum Gasteiger partial charge on any atom is -0.311 e. The number of nitrogens with zero attached hydrogens (tertiary/aromatic N) is 3. The van der Waals surface area contributed by atoms with Gasteiger partial charge in [0.1, 0.15) is 0 Å². The summed E-state index contributed by atoms with van der Waals surface area (Å²) in [6.45, 7) is 4.67. The number of carbonyl (C=O) groups excluding carboxylic acids is 2. The monoisotopic (exact) mass is 537 g/mol. The van der Waals surface area contributed by atoms with Gasteiger partial charge in [-0.1, -0.05) is 33.2 Å². The molecule has 1 atom stereocenters. The van der Waals surface area contributed by atoms with Crippen LogP contribution in [0.3, 0.4) is 0 Å². The normalized spacial score (nSPS) is 13.2. The Labute approximate surface area is 215 Å². The first-order valence-electron chi connectivity index (χ1n) is 11.5. The molecule has 1 unspecified atom stereocenters. The lowest BCUT2D eigenvalue weighted by atomic mass is 9.96. The van der Waals surface area contributed by atoms with Crippen molar-refractivity contribution in [3.8, 4) is 0 Å². The van der Waals surface area contributed by atoms with Gasteiger partial charge < -0.3 is 9.80 Å². The molecule has 0 heterocycles.